The molecule has 18 heavy (non-hydrogen) atoms. The molecule has 0 amide bonds. The van der Waals surface area contributed by atoms with E-state index in [2.05, 4.69) is 35.1 Å². The van der Waals surface area contributed by atoms with Crippen molar-refractivity contribution in [2.45, 2.75) is 39.5 Å². The zero-order valence-electron chi connectivity index (χ0n) is 10.9. The Morgan fingerprint density at radius 2 is 2.11 bits per heavy atom. The van der Waals surface area contributed by atoms with Gasteiger partial charge in [0.1, 0.15) is 5.82 Å². The third-order valence-electron chi connectivity index (χ3n) is 3.77. The van der Waals surface area contributed by atoms with Crippen LogP contribution in [0.25, 0.3) is 16.6 Å². The van der Waals surface area contributed by atoms with Crippen LogP contribution in [0.5, 0.6) is 0 Å². The van der Waals surface area contributed by atoms with Gasteiger partial charge in [0, 0.05) is 11.3 Å². The first kappa shape index (κ1) is 11.3. The van der Waals surface area contributed by atoms with E-state index in [-0.39, 0.29) is 0 Å². The number of aromatic amines is 1. The average molecular weight is 242 g/mol. The number of nitrogens with two attached hydrogens (primary N) is 1. The maximum Gasteiger partial charge on any atom is 0.183 e. The van der Waals surface area contributed by atoms with Crippen molar-refractivity contribution in [3.8, 4) is 0 Å². The lowest BCUT2D eigenvalue weighted by Crippen LogP contribution is -2.01. The molecule has 3 N–H and O–H groups in total. The van der Waals surface area contributed by atoms with Crippen molar-refractivity contribution >= 4 is 22.4 Å². The van der Waals surface area contributed by atoms with Crippen molar-refractivity contribution in [3.05, 3.63) is 22.9 Å². The van der Waals surface area contributed by atoms with Gasteiger partial charge in [0.2, 0.25) is 0 Å². The van der Waals surface area contributed by atoms with Gasteiger partial charge in [-0.3, -0.25) is 5.10 Å². The lowest BCUT2D eigenvalue weighted by molar-refractivity contribution is 0.741. The molecule has 0 atom stereocenters. The topological polar surface area (TPSA) is 67.6 Å². The molecule has 0 saturated carbocycles. The van der Waals surface area contributed by atoms with Crippen molar-refractivity contribution in [1.29, 1.82) is 0 Å². The van der Waals surface area contributed by atoms with E-state index in [0.29, 0.717) is 5.82 Å². The molecule has 0 aliphatic heterocycles. The van der Waals surface area contributed by atoms with Crippen LogP contribution in [-0.2, 0) is 0 Å². The van der Waals surface area contributed by atoms with Crippen LogP contribution in [0.15, 0.2) is 6.08 Å². The molecule has 2 aromatic heterocycles. The number of aryl methyl sites for hydroxylation is 2. The fraction of sp³-hybridized carbons (Fsp3) is 0.429. The Kier molecular flexibility index (Phi) is 2.58. The van der Waals surface area contributed by atoms with E-state index in [1.54, 1.807) is 0 Å². The summed E-state index contributed by atoms with van der Waals surface area (Å²) in [6, 6.07) is 0. The van der Waals surface area contributed by atoms with Crippen LogP contribution in [0.1, 0.15) is 42.5 Å². The first-order valence-corrected chi connectivity index (χ1v) is 6.48. The quantitative estimate of drug-likeness (QED) is 0.807. The predicted molar refractivity (Wildman–Crippen MR) is 74.2 cm³/mol. The molecule has 4 heteroatoms. The number of nitrogen functional groups attached to an aromatic ring is 1. The Bertz CT molecular complexity index is 637. The summed E-state index contributed by atoms with van der Waals surface area (Å²) in [6.45, 7) is 4.18. The van der Waals surface area contributed by atoms with E-state index >= 15 is 0 Å². The second-order valence-electron chi connectivity index (χ2n) is 5.01. The van der Waals surface area contributed by atoms with Crippen molar-refractivity contribution in [2.75, 3.05) is 5.73 Å². The Balaban J connectivity index is 2.27. The molecule has 0 fully saturated rings. The molecule has 0 unspecified atom stereocenters. The number of hydrogen-bond donors (Lipinski definition) is 2. The molecule has 0 spiro atoms. The van der Waals surface area contributed by atoms with Crippen LogP contribution in [0, 0.1) is 13.8 Å². The monoisotopic (exact) mass is 242 g/mol. The van der Waals surface area contributed by atoms with E-state index in [1.807, 2.05) is 0 Å². The number of rotatable bonds is 1. The molecule has 0 radical (unpaired) electrons. The van der Waals surface area contributed by atoms with E-state index < -0.39 is 0 Å². The van der Waals surface area contributed by atoms with Gasteiger partial charge in [-0.15, -0.1) is 0 Å². The smallest absolute Gasteiger partial charge is 0.183 e. The van der Waals surface area contributed by atoms with Gasteiger partial charge in [-0.1, -0.05) is 6.08 Å². The highest BCUT2D eigenvalue weighted by Crippen LogP contribution is 2.34. The van der Waals surface area contributed by atoms with Gasteiger partial charge >= 0.3 is 0 Å². The second kappa shape index (κ2) is 4.12. The summed E-state index contributed by atoms with van der Waals surface area (Å²) in [5.41, 5.74) is 11.6. The summed E-state index contributed by atoms with van der Waals surface area (Å²) in [5.74, 6) is 0.618. The SMILES string of the molecule is Cc1nc2n[nH]c(N)c2c(C)c1C1=CCCCC1. The highest BCUT2D eigenvalue weighted by molar-refractivity contribution is 5.93. The molecular weight excluding hydrogens is 224 g/mol. The summed E-state index contributed by atoms with van der Waals surface area (Å²) in [5, 5.41) is 7.94. The van der Waals surface area contributed by atoms with Gasteiger partial charge in [-0.2, -0.15) is 5.10 Å². The zero-order valence-corrected chi connectivity index (χ0v) is 10.9. The number of nitrogens with one attached hydrogen (secondary N) is 1. The molecule has 2 heterocycles. The van der Waals surface area contributed by atoms with Crippen LogP contribution in [0.4, 0.5) is 5.82 Å². The molecule has 94 valence electrons. The minimum atomic E-state index is 0.618. The van der Waals surface area contributed by atoms with Gasteiger partial charge in [-0.05, 0) is 50.7 Å². The summed E-state index contributed by atoms with van der Waals surface area (Å²) in [6.07, 6.45) is 7.23. The summed E-state index contributed by atoms with van der Waals surface area (Å²) in [4.78, 5) is 4.57. The van der Waals surface area contributed by atoms with Crippen molar-refractivity contribution < 1.29 is 0 Å². The standard InChI is InChI=1S/C14H18N4/c1-8-11(10-6-4-3-5-7-10)9(2)16-14-12(8)13(15)17-18-14/h6H,3-5,7H2,1-2H3,(H3,15,16,17,18). The number of fused-ring (bicyclic) bond motifs is 1. The number of hydrogen-bond acceptors (Lipinski definition) is 3. The Morgan fingerprint density at radius 1 is 1.28 bits per heavy atom. The normalized spacial score (nSPS) is 16.0. The fourth-order valence-electron chi connectivity index (χ4n) is 2.95. The Morgan fingerprint density at radius 3 is 2.83 bits per heavy atom. The van der Waals surface area contributed by atoms with Crippen LogP contribution in [-0.4, -0.2) is 15.2 Å². The third-order valence-corrected chi connectivity index (χ3v) is 3.77. The van der Waals surface area contributed by atoms with E-state index in [9.17, 15) is 0 Å². The number of anilines is 1. The van der Waals surface area contributed by atoms with Crippen molar-refractivity contribution in [3.63, 3.8) is 0 Å². The highest BCUT2D eigenvalue weighted by Gasteiger charge is 2.17. The number of pyridine rings is 1. The third kappa shape index (κ3) is 1.60. The van der Waals surface area contributed by atoms with Crippen molar-refractivity contribution in [2.24, 2.45) is 0 Å². The molecule has 0 aromatic carbocycles. The number of H-pyrrole nitrogens is 1. The second-order valence-corrected chi connectivity index (χ2v) is 5.01. The number of nitrogens with zero attached hydrogens (tertiary/aromatic N) is 2. The predicted octanol–water partition coefficient (Wildman–Crippen LogP) is 3.11. The molecule has 2 aromatic rings. The number of aromatic nitrogens is 3. The molecule has 3 rings (SSSR count). The van der Waals surface area contributed by atoms with E-state index in [0.717, 1.165) is 23.1 Å². The van der Waals surface area contributed by atoms with E-state index in [4.69, 9.17) is 5.73 Å². The molecule has 0 saturated heterocycles. The summed E-state index contributed by atoms with van der Waals surface area (Å²) >= 11 is 0. The minimum Gasteiger partial charge on any atom is -0.384 e. The van der Waals surface area contributed by atoms with E-state index in [1.165, 1.54) is 36.0 Å². The van der Waals surface area contributed by atoms with Crippen LogP contribution in [0.2, 0.25) is 0 Å². The molecular formula is C14H18N4. The minimum absolute atomic E-state index is 0.618. The van der Waals surface area contributed by atoms with Crippen LogP contribution >= 0.6 is 0 Å². The average Bonchev–Trinajstić information content (AvgIpc) is 2.72. The zero-order chi connectivity index (χ0) is 12.7. The Hall–Kier alpha value is -1.84. The van der Waals surface area contributed by atoms with Gasteiger partial charge in [0.15, 0.2) is 5.65 Å². The van der Waals surface area contributed by atoms with Gasteiger partial charge in [0.25, 0.3) is 0 Å². The first-order valence-electron chi connectivity index (χ1n) is 6.48. The van der Waals surface area contributed by atoms with Gasteiger partial charge in [0.05, 0.1) is 5.39 Å². The number of allylic oxidation sites excluding steroid dienone is 2. The van der Waals surface area contributed by atoms with Crippen molar-refractivity contribution in [1.82, 2.24) is 15.2 Å². The van der Waals surface area contributed by atoms with Crippen LogP contribution in [0.3, 0.4) is 0 Å². The summed E-state index contributed by atoms with van der Waals surface area (Å²) < 4.78 is 0. The fourth-order valence-corrected chi connectivity index (χ4v) is 2.95. The largest absolute Gasteiger partial charge is 0.384 e. The maximum atomic E-state index is 5.95. The van der Waals surface area contributed by atoms with Gasteiger partial charge < -0.3 is 5.73 Å². The molecule has 1 aliphatic carbocycles. The molecule has 0 bridgehead atoms. The van der Waals surface area contributed by atoms with Crippen LogP contribution < -0.4 is 5.73 Å². The maximum absolute atomic E-state index is 5.95. The molecule has 4 nitrogen and oxygen atoms in total. The first-order chi connectivity index (χ1) is 8.68. The summed E-state index contributed by atoms with van der Waals surface area (Å²) in [7, 11) is 0. The Labute approximate surface area is 106 Å². The lowest BCUT2D eigenvalue weighted by atomic mass is 9.89. The van der Waals surface area contributed by atoms with Gasteiger partial charge in [-0.25, -0.2) is 4.98 Å². The lowest BCUT2D eigenvalue weighted by Gasteiger charge is -2.17. The highest BCUT2D eigenvalue weighted by atomic mass is 15.2. The molecule has 1 aliphatic rings.